The van der Waals surface area contributed by atoms with Crippen LogP contribution in [-0.4, -0.2) is 16.0 Å². The zero-order valence-electron chi connectivity index (χ0n) is 15.8. The maximum Gasteiger partial charge on any atom is 0.257 e. The number of nitrogens with zero attached hydrogens (tertiary/aromatic N) is 2. The second-order valence-corrected chi connectivity index (χ2v) is 6.61. The van der Waals surface area contributed by atoms with Crippen molar-refractivity contribution >= 4 is 11.6 Å². The van der Waals surface area contributed by atoms with E-state index < -0.39 is 0 Å². The zero-order chi connectivity index (χ0) is 19.4. The van der Waals surface area contributed by atoms with Crippen LogP contribution in [0.15, 0.2) is 53.1 Å². The number of carbonyl (C=O) groups excluding carboxylic acids is 1. The standard InChI is InChI=1S/C21H24N4O2/c1-4-18-24-21(27-25-18)16-11-10-13(2)17(12-16)23-20(26)14(3)19(22)15-8-6-5-7-9-15/h5-12,14,19H,4,22H2,1-3H3,(H,23,26). The van der Waals surface area contributed by atoms with Gasteiger partial charge in [-0.1, -0.05) is 55.4 Å². The van der Waals surface area contributed by atoms with Gasteiger partial charge in [0.25, 0.3) is 5.89 Å². The molecule has 3 rings (SSSR count). The molecule has 0 radical (unpaired) electrons. The maximum absolute atomic E-state index is 12.7. The SMILES string of the molecule is CCc1noc(-c2ccc(C)c(NC(=O)C(C)C(N)c3ccccc3)c2)n1. The van der Waals surface area contributed by atoms with Gasteiger partial charge < -0.3 is 15.6 Å². The van der Waals surface area contributed by atoms with E-state index in [4.69, 9.17) is 10.3 Å². The Kier molecular flexibility index (Phi) is 5.66. The third kappa shape index (κ3) is 4.23. The summed E-state index contributed by atoms with van der Waals surface area (Å²) in [5, 5.41) is 6.90. The fourth-order valence-corrected chi connectivity index (χ4v) is 2.78. The van der Waals surface area contributed by atoms with Gasteiger partial charge in [-0.05, 0) is 30.2 Å². The summed E-state index contributed by atoms with van der Waals surface area (Å²) >= 11 is 0. The number of anilines is 1. The quantitative estimate of drug-likeness (QED) is 0.692. The van der Waals surface area contributed by atoms with Crippen LogP contribution in [0.3, 0.4) is 0 Å². The molecule has 2 unspecified atom stereocenters. The number of amides is 1. The number of rotatable bonds is 6. The summed E-state index contributed by atoms with van der Waals surface area (Å²) in [5.41, 5.74) is 9.63. The normalized spacial score (nSPS) is 13.2. The third-order valence-corrected chi connectivity index (χ3v) is 4.66. The Morgan fingerprint density at radius 2 is 1.96 bits per heavy atom. The van der Waals surface area contributed by atoms with E-state index in [9.17, 15) is 4.79 Å². The number of aromatic nitrogens is 2. The van der Waals surface area contributed by atoms with Gasteiger partial charge in [0.2, 0.25) is 5.91 Å². The van der Waals surface area contributed by atoms with Crippen molar-refractivity contribution in [2.75, 3.05) is 5.32 Å². The van der Waals surface area contributed by atoms with Gasteiger partial charge in [-0.3, -0.25) is 4.79 Å². The molecule has 0 aliphatic heterocycles. The van der Waals surface area contributed by atoms with Crippen molar-refractivity contribution in [3.63, 3.8) is 0 Å². The molecule has 0 spiro atoms. The van der Waals surface area contributed by atoms with Gasteiger partial charge in [0, 0.05) is 23.7 Å². The first-order valence-electron chi connectivity index (χ1n) is 9.04. The van der Waals surface area contributed by atoms with Gasteiger partial charge in [-0.25, -0.2) is 0 Å². The van der Waals surface area contributed by atoms with Crippen LogP contribution in [0, 0.1) is 12.8 Å². The highest BCUT2D eigenvalue weighted by atomic mass is 16.5. The minimum atomic E-state index is -0.384. The Bertz CT molecular complexity index is 921. The zero-order valence-corrected chi connectivity index (χ0v) is 15.8. The third-order valence-electron chi connectivity index (χ3n) is 4.66. The molecule has 140 valence electrons. The molecule has 27 heavy (non-hydrogen) atoms. The van der Waals surface area contributed by atoms with Gasteiger partial charge in [-0.2, -0.15) is 4.98 Å². The minimum absolute atomic E-state index is 0.133. The van der Waals surface area contributed by atoms with E-state index in [1.165, 1.54) is 0 Å². The average Bonchev–Trinajstić information content (AvgIpc) is 3.18. The molecule has 0 bridgehead atoms. The number of carbonyl (C=O) groups is 1. The number of benzene rings is 2. The fourth-order valence-electron chi connectivity index (χ4n) is 2.78. The first-order chi connectivity index (χ1) is 13.0. The van der Waals surface area contributed by atoms with Crippen molar-refractivity contribution in [3.8, 4) is 11.5 Å². The number of hydrogen-bond donors (Lipinski definition) is 2. The smallest absolute Gasteiger partial charge is 0.257 e. The molecule has 1 aromatic heterocycles. The average molecular weight is 364 g/mol. The number of aryl methyl sites for hydroxylation is 2. The van der Waals surface area contributed by atoms with E-state index >= 15 is 0 Å². The summed E-state index contributed by atoms with van der Waals surface area (Å²) in [4.78, 5) is 17.1. The van der Waals surface area contributed by atoms with Gasteiger partial charge in [0.1, 0.15) is 0 Å². The predicted molar refractivity (Wildman–Crippen MR) is 105 cm³/mol. The van der Waals surface area contributed by atoms with Gasteiger partial charge in [-0.15, -0.1) is 0 Å². The maximum atomic E-state index is 12.7. The summed E-state index contributed by atoms with van der Waals surface area (Å²) < 4.78 is 5.29. The molecule has 6 heteroatoms. The second kappa shape index (κ2) is 8.14. The molecule has 1 heterocycles. The predicted octanol–water partition coefficient (Wildman–Crippen LogP) is 3.88. The summed E-state index contributed by atoms with van der Waals surface area (Å²) in [6.07, 6.45) is 0.702. The first-order valence-corrected chi connectivity index (χ1v) is 9.04. The monoisotopic (exact) mass is 364 g/mol. The summed E-state index contributed by atoms with van der Waals surface area (Å²) in [6, 6.07) is 14.9. The molecule has 2 atom stereocenters. The number of hydrogen-bond acceptors (Lipinski definition) is 5. The van der Waals surface area contributed by atoms with Crippen LogP contribution in [0.5, 0.6) is 0 Å². The minimum Gasteiger partial charge on any atom is -0.334 e. The molecule has 1 amide bonds. The van der Waals surface area contributed by atoms with Crippen molar-refractivity contribution in [2.24, 2.45) is 11.7 Å². The van der Waals surface area contributed by atoms with Crippen molar-refractivity contribution < 1.29 is 9.32 Å². The largest absolute Gasteiger partial charge is 0.334 e. The lowest BCUT2D eigenvalue weighted by Crippen LogP contribution is -2.30. The van der Waals surface area contributed by atoms with Crippen LogP contribution in [0.25, 0.3) is 11.5 Å². The van der Waals surface area contributed by atoms with E-state index in [0.717, 1.165) is 16.7 Å². The molecule has 0 aliphatic rings. The van der Waals surface area contributed by atoms with Crippen LogP contribution in [0.4, 0.5) is 5.69 Å². The molecule has 3 aromatic rings. The first kappa shape index (κ1) is 18.8. The van der Waals surface area contributed by atoms with Crippen molar-refractivity contribution in [2.45, 2.75) is 33.2 Å². The van der Waals surface area contributed by atoms with Crippen molar-refractivity contribution in [3.05, 3.63) is 65.5 Å². The Labute approximate surface area is 158 Å². The number of nitrogens with two attached hydrogens (primary N) is 1. The van der Waals surface area contributed by atoms with Crippen molar-refractivity contribution in [1.29, 1.82) is 0 Å². The summed E-state index contributed by atoms with van der Waals surface area (Å²) in [7, 11) is 0. The highest BCUT2D eigenvalue weighted by Gasteiger charge is 2.23. The fraction of sp³-hybridized carbons (Fsp3) is 0.286. The van der Waals surface area contributed by atoms with Gasteiger partial charge in [0.15, 0.2) is 5.82 Å². The Morgan fingerprint density at radius 3 is 2.63 bits per heavy atom. The number of nitrogens with one attached hydrogen (secondary N) is 1. The van der Waals surface area contributed by atoms with E-state index in [2.05, 4.69) is 15.5 Å². The van der Waals surface area contributed by atoms with E-state index in [1.54, 1.807) is 0 Å². The Morgan fingerprint density at radius 1 is 1.22 bits per heavy atom. The lowest BCUT2D eigenvalue weighted by molar-refractivity contribution is -0.120. The van der Waals surface area contributed by atoms with E-state index in [-0.39, 0.29) is 17.9 Å². The van der Waals surface area contributed by atoms with Crippen LogP contribution in [0.2, 0.25) is 0 Å². The van der Waals surface area contributed by atoms with Crippen LogP contribution in [0.1, 0.15) is 36.8 Å². The topological polar surface area (TPSA) is 94.0 Å². The second-order valence-electron chi connectivity index (χ2n) is 6.61. The highest BCUT2D eigenvalue weighted by molar-refractivity contribution is 5.94. The van der Waals surface area contributed by atoms with Crippen LogP contribution < -0.4 is 11.1 Å². The van der Waals surface area contributed by atoms with E-state index in [1.807, 2.05) is 69.3 Å². The molecule has 0 saturated carbocycles. The molecule has 0 fully saturated rings. The Balaban J connectivity index is 1.78. The lowest BCUT2D eigenvalue weighted by Gasteiger charge is -2.20. The Hall–Kier alpha value is -2.99. The molecule has 2 aromatic carbocycles. The van der Waals surface area contributed by atoms with Crippen LogP contribution in [-0.2, 0) is 11.2 Å². The van der Waals surface area contributed by atoms with Crippen LogP contribution >= 0.6 is 0 Å². The molecular formula is C21H24N4O2. The molecule has 6 nitrogen and oxygen atoms in total. The molecule has 3 N–H and O–H groups in total. The highest BCUT2D eigenvalue weighted by Crippen LogP contribution is 2.26. The summed E-state index contributed by atoms with van der Waals surface area (Å²) in [5.74, 6) is 0.576. The molecule has 0 aliphatic carbocycles. The molecule has 0 saturated heterocycles. The lowest BCUT2D eigenvalue weighted by atomic mass is 9.94. The van der Waals surface area contributed by atoms with E-state index in [0.29, 0.717) is 23.8 Å². The molecular weight excluding hydrogens is 340 g/mol. The summed E-state index contributed by atoms with van der Waals surface area (Å²) in [6.45, 7) is 5.73. The van der Waals surface area contributed by atoms with Crippen molar-refractivity contribution in [1.82, 2.24) is 10.1 Å². The van der Waals surface area contributed by atoms with Gasteiger partial charge in [0.05, 0.1) is 5.92 Å². The van der Waals surface area contributed by atoms with Gasteiger partial charge >= 0.3 is 0 Å².